The fourth-order valence-corrected chi connectivity index (χ4v) is 4.75. The van der Waals surface area contributed by atoms with E-state index in [-0.39, 0.29) is 18.0 Å². The lowest BCUT2D eigenvalue weighted by Gasteiger charge is -2.09. The highest BCUT2D eigenvalue weighted by atomic mass is 79.9. The number of carbonyl (C=O) groups is 1. The van der Waals surface area contributed by atoms with Crippen molar-refractivity contribution in [2.24, 2.45) is 5.10 Å². The third kappa shape index (κ3) is 5.11. The summed E-state index contributed by atoms with van der Waals surface area (Å²) in [5, 5.41) is 9.02. The summed E-state index contributed by atoms with van der Waals surface area (Å²) < 4.78 is 4.09. The quantitative estimate of drug-likeness (QED) is 0.254. The molecule has 1 N–H and O–H groups in total. The standard InChI is InChI=1S/C29H26BrN5O2/c1-3-8-27-32-25-14-13-21(30)15-23(25)29(37)35(27)31-16-20-17-34(26-12-7-5-10-22(20)26)18-28(36)33-24-11-6-4-9-19(24)2/h4-7,9-17H,3,8,18H2,1-2H3,(H,33,36). The smallest absolute Gasteiger partial charge is 0.282 e. The van der Waals surface area contributed by atoms with Gasteiger partial charge in [-0.15, -0.1) is 0 Å². The molecule has 0 atom stereocenters. The van der Waals surface area contributed by atoms with Crippen LogP contribution in [0.15, 0.2) is 87.3 Å². The Bertz CT molecular complexity index is 1720. The van der Waals surface area contributed by atoms with Crippen LogP contribution in [0.3, 0.4) is 0 Å². The number of carbonyl (C=O) groups excluding carboxylic acids is 1. The number of aryl methyl sites for hydroxylation is 2. The number of hydrogen-bond acceptors (Lipinski definition) is 4. The fraction of sp³-hybridized carbons (Fsp3) is 0.172. The zero-order chi connectivity index (χ0) is 25.9. The molecule has 0 bridgehead atoms. The van der Waals surface area contributed by atoms with E-state index in [0.717, 1.165) is 38.6 Å². The minimum atomic E-state index is -0.215. The number of para-hydroxylation sites is 2. The van der Waals surface area contributed by atoms with E-state index in [4.69, 9.17) is 4.98 Å². The number of nitrogens with zero attached hydrogens (tertiary/aromatic N) is 4. The predicted octanol–water partition coefficient (Wildman–Crippen LogP) is 5.90. The number of benzene rings is 3. The van der Waals surface area contributed by atoms with Gasteiger partial charge in [0.05, 0.1) is 17.1 Å². The van der Waals surface area contributed by atoms with Crippen molar-refractivity contribution in [1.29, 1.82) is 0 Å². The van der Waals surface area contributed by atoms with Crippen LogP contribution in [0.5, 0.6) is 0 Å². The highest BCUT2D eigenvalue weighted by Crippen LogP contribution is 2.21. The predicted molar refractivity (Wildman–Crippen MR) is 152 cm³/mol. The van der Waals surface area contributed by atoms with Gasteiger partial charge in [0.1, 0.15) is 12.4 Å². The van der Waals surface area contributed by atoms with Gasteiger partial charge in [0, 0.05) is 39.2 Å². The third-order valence-corrected chi connectivity index (χ3v) is 6.71. The number of hydrogen-bond donors (Lipinski definition) is 1. The molecule has 0 fully saturated rings. The fourth-order valence-electron chi connectivity index (χ4n) is 4.39. The number of fused-ring (bicyclic) bond motifs is 2. The van der Waals surface area contributed by atoms with Gasteiger partial charge in [-0.1, -0.05) is 59.3 Å². The SMILES string of the molecule is CCCc1nc2ccc(Br)cc2c(=O)n1N=Cc1cn(CC(=O)Nc2ccccc2C)c2ccccc12. The Morgan fingerprint density at radius 2 is 1.86 bits per heavy atom. The van der Waals surface area contributed by atoms with Crippen LogP contribution in [0.4, 0.5) is 5.69 Å². The Morgan fingerprint density at radius 3 is 2.68 bits per heavy atom. The first-order valence-corrected chi connectivity index (χ1v) is 12.9. The molecule has 0 aliphatic heterocycles. The highest BCUT2D eigenvalue weighted by Gasteiger charge is 2.13. The third-order valence-electron chi connectivity index (χ3n) is 6.21. The first-order valence-electron chi connectivity index (χ1n) is 12.1. The molecule has 2 aromatic heterocycles. The molecule has 0 spiro atoms. The number of amides is 1. The van der Waals surface area contributed by atoms with Gasteiger partial charge in [0.25, 0.3) is 5.56 Å². The summed E-state index contributed by atoms with van der Waals surface area (Å²) >= 11 is 3.44. The molecule has 0 radical (unpaired) electrons. The Balaban J connectivity index is 1.51. The normalized spacial score (nSPS) is 11.5. The summed E-state index contributed by atoms with van der Waals surface area (Å²) in [5.41, 5.74) is 3.95. The van der Waals surface area contributed by atoms with Crippen LogP contribution in [0.25, 0.3) is 21.8 Å². The van der Waals surface area contributed by atoms with E-state index in [2.05, 4.69) is 26.3 Å². The van der Waals surface area contributed by atoms with Gasteiger partial charge in [-0.05, 0) is 49.2 Å². The van der Waals surface area contributed by atoms with Crippen molar-refractivity contribution in [3.8, 4) is 0 Å². The van der Waals surface area contributed by atoms with Crippen LogP contribution < -0.4 is 10.9 Å². The highest BCUT2D eigenvalue weighted by molar-refractivity contribution is 9.10. The molecule has 7 nitrogen and oxygen atoms in total. The van der Waals surface area contributed by atoms with Gasteiger partial charge in [0.2, 0.25) is 5.91 Å². The number of rotatable bonds is 7. The van der Waals surface area contributed by atoms with Crippen molar-refractivity contribution >= 4 is 55.5 Å². The molecule has 5 rings (SSSR count). The molecule has 5 aromatic rings. The molecule has 2 heterocycles. The monoisotopic (exact) mass is 555 g/mol. The van der Waals surface area contributed by atoms with E-state index in [1.165, 1.54) is 4.68 Å². The van der Waals surface area contributed by atoms with Gasteiger partial charge < -0.3 is 9.88 Å². The molecule has 0 saturated carbocycles. The summed E-state index contributed by atoms with van der Waals surface area (Å²) in [6.07, 6.45) is 5.02. The molecule has 186 valence electrons. The zero-order valence-corrected chi connectivity index (χ0v) is 22.2. The van der Waals surface area contributed by atoms with Crippen molar-refractivity contribution in [2.45, 2.75) is 33.2 Å². The first kappa shape index (κ1) is 24.6. The lowest BCUT2D eigenvalue weighted by Crippen LogP contribution is -2.22. The summed E-state index contributed by atoms with van der Waals surface area (Å²) in [4.78, 5) is 30.9. The molecular weight excluding hydrogens is 530 g/mol. The number of anilines is 1. The van der Waals surface area contributed by atoms with Crippen LogP contribution in [-0.4, -0.2) is 26.3 Å². The van der Waals surface area contributed by atoms with Gasteiger partial charge in [-0.2, -0.15) is 9.78 Å². The molecule has 37 heavy (non-hydrogen) atoms. The van der Waals surface area contributed by atoms with Crippen LogP contribution in [0.1, 0.15) is 30.3 Å². The topological polar surface area (TPSA) is 81.3 Å². The molecular formula is C29H26BrN5O2. The molecule has 1 amide bonds. The van der Waals surface area contributed by atoms with Crippen molar-refractivity contribution in [3.05, 3.63) is 105 Å². The van der Waals surface area contributed by atoms with E-state index >= 15 is 0 Å². The van der Waals surface area contributed by atoms with E-state index in [9.17, 15) is 9.59 Å². The largest absolute Gasteiger partial charge is 0.337 e. The molecule has 0 saturated heterocycles. The van der Waals surface area contributed by atoms with Gasteiger partial charge in [-0.25, -0.2) is 4.98 Å². The molecule has 0 aliphatic rings. The van der Waals surface area contributed by atoms with E-state index in [0.29, 0.717) is 23.1 Å². The van der Waals surface area contributed by atoms with E-state index < -0.39 is 0 Å². The Hall–Kier alpha value is -4.04. The molecule has 0 unspecified atom stereocenters. The average Bonchev–Trinajstić information content (AvgIpc) is 3.23. The lowest BCUT2D eigenvalue weighted by atomic mass is 10.2. The van der Waals surface area contributed by atoms with Crippen molar-refractivity contribution in [3.63, 3.8) is 0 Å². The second kappa shape index (κ2) is 10.5. The summed E-state index contributed by atoms with van der Waals surface area (Å²) in [5.74, 6) is 0.490. The van der Waals surface area contributed by atoms with Crippen LogP contribution in [0, 0.1) is 6.92 Å². The van der Waals surface area contributed by atoms with Crippen LogP contribution in [-0.2, 0) is 17.8 Å². The maximum atomic E-state index is 13.3. The van der Waals surface area contributed by atoms with Crippen LogP contribution in [0.2, 0.25) is 0 Å². The maximum Gasteiger partial charge on any atom is 0.282 e. The first-order chi connectivity index (χ1) is 17.9. The van der Waals surface area contributed by atoms with Gasteiger partial charge in [-0.3, -0.25) is 9.59 Å². The second-order valence-electron chi connectivity index (χ2n) is 8.89. The Kier molecular flexibility index (Phi) is 7.01. The van der Waals surface area contributed by atoms with Crippen molar-refractivity contribution in [2.75, 3.05) is 5.32 Å². The molecule has 8 heteroatoms. The second-order valence-corrected chi connectivity index (χ2v) is 9.81. The lowest BCUT2D eigenvalue weighted by molar-refractivity contribution is -0.116. The number of halogens is 1. The van der Waals surface area contributed by atoms with Crippen molar-refractivity contribution < 1.29 is 4.79 Å². The molecule has 3 aromatic carbocycles. The average molecular weight is 556 g/mol. The van der Waals surface area contributed by atoms with E-state index in [1.807, 2.05) is 85.3 Å². The summed E-state index contributed by atoms with van der Waals surface area (Å²) in [6.45, 7) is 4.15. The van der Waals surface area contributed by atoms with Crippen molar-refractivity contribution in [1.82, 2.24) is 14.2 Å². The van der Waals surface area contributed by atoms with E-state index in [1.54, 1.807) is 12.3 Å². The summed E-state index contributed by atoms with van der Waals surface area (Å²) in [7, 11) is 0. The maximum absolute atomic E-state index is 13.3. The Labute approximate surface area is 222 Å². The zero-order valence-electron chi connectivity index (χ0n) is 20.6. The van der Waals surface area contributed by atoms with Gasteiger partial charge >= 0.3 is 0 Å². The summed E-state index contributed by atoms with van der Waals surface area (Å²) in [6, 6.07) is 21.0. The minimum Gasteiger partial charge on any atom is -0.337 e. The molecule has 0 aliphatic carbocycles. The number of aromatic nitrogens is 3. The van der Waals surface area contributed by atoms with Gasteiger partial charge in [0.15, 0.2) is 0 Å². The number of nitrogens with one attached hydrogen (secondary N) is 1. The minimum absolute atomic E-state index is 0.121. The Morgan fingerprint density at radius 1 is 1.08 bits per heavy atom. The van der Waals surface area contributed by atoms with Crippen LogP contribution >= 0.6 is 15.9 Å².